The van der Waals surface area contributed by atoms with E-state index < -0.39 is 0 Å². The molecule has 0 saturated carbocycles. The Morgan fingerprint density at radius 1 is 1.05 bits per heavy atom. The predicted molar refractivity (Wildman–Crippen MR) is 72.7 cm³/mol. The van der Waals surface area contributed by atoms with Crippen LogP contribution in [0, 0.1) is 0 Å². The van der Waals surface area contributed by atoms with Gasteiger partial charge in [-0.15, -0.1) is 0 Å². The molecule has 2 aromatic carbocycles. The van der Waals surface area contributed by atoms with Gasteiger partial charge in [-0.05, 0) is 47.4 Å². The van der Waals surface area contributed by atoms with Gasteiger partial charge in [0.15, 0.2) is 11.5 Å². The van der Waals surface area contributed by atoms with Crippen LogP contribution in [0.5, 0.6) is 11.5 Å². The molecule has 0 radical (unpaired) electrons. The smallest absolute Gasteiger partial charge is 0.157 e. The Hall–Kier alpha value is -1.71. The molecule has 0 bridgehead atoms. The lowest BCUT2D eigenvalue weighted by Crippen LogP contribution is -2.17. The monoisotopic (exact) mass is 276 g/mol. The molecule has 2 N–H and O–H groups in total. The van der Waals surface area contributed by atoms with E-state index in [1.807, 2.05) is 24.3 Å². The maximum absolute atomic E-state index is 9.66. The first-order valence-electron chi connectivity index (χ1n) is 6.07. The molecular weight excluding hydrogens is 264 g/mol. The quantitative estimate of drug-likeness (QED) is 0.785. The molecule has 1 heterocycles. The van der Waals surface area contributed by atoms with Gasteiger partial charge >= 0.3 is 0 Å². The van der Waals surface area contributed by atoms with E-state index in [4.69, 9.17) is 16.3 Å². The molecule has 0 saturated heterocycles. The standard InChI is InChI=1S/C15H13ClO3/c16-11-3-1-9(2-4-11)15-12-8-14(18)13(17)7-10(12)5-6-19-15/h1-4,7-8,15,17-18H,5-6H2. The van der Waals surface area contributed by atoms with E-state index in [2.05, 4.69) is 0 Å². The van der Waals surface area contributed by atoms with Crippen molar-refractivity contribution in [2.24, 2.45) is 0 Å². The van der Waals surface area contributed by atoms with Crippen LogP contribution in [-0.2, 0) is 11.2 Å². The molecular formula is C15H13ClO3. The summed E-state index contributed by atoms with van der Waals surface area (Å²) in [5.74, 6) is -0.210. The predicted octanol–water partition coefficient (Wildman–Crippen LogP) is 3.41. The van der Waals surface area contributed by atoms with Crippen LogP contribution >= 0.6 is 11.6 Å². The summed E-state index contributed by atoms with van der Waals surface area (Å²) in [5.41, 5.74) is 2.88. The number of halogens is 1. The SMILES string of the molecule is Oc1cc2c(cc1O)C(c1ccc(Cl)cc1)OCC2. The zero-order valence-corrected chi connectivity index (χ0v) is 10.9. The molecule has 1 atom stereocenters. The van der Waals surface area contributed by atoms with E-state index in [9.17, 15) is 10.2 Å². The van der Waals surface area contributed by atoms with Gasteiger partial charge in [-0.2, -0.15) is 0 Å². The summed E-state index contributed by atoms with van der Waals surface area (Å²) < 4.78 is 5.79. The third-order valence-electron chi connectivity index (χ3n) is 3.35. The topological polar surface area (TPSA) is 49.7 Å². The first-order chi connectivity index (χ1) is 9.15. The van der Waals surface area contributed by atoms with Gasteiger partial charge < -0.3 is 14.9 Å². The Morgan fingerprint density at radius 2 is 1.74 bits per heavy atom. The second kappa shape index (κ2) is 4.76. The summed E-state index contributed by atoms with van der Waals surface area (Å²) in [7, 11) is 0. The molecule has 0 aliphatic carbocycles. The molecule has 0 amide bonds. The van der Waals surface area contributed by atoms with Gasteiger partial charge in [0.25, 0.3) is 0 Å². The third kappa shape index (κ3) is 2.27. The molecule has 1 unspecified atom stereocenters. The number of aromatic hydroxyl groups is 2. The first-order valence-corrected chi connectivity index (χ1v) is 6.45. The minimum absolute atomic E-state index is 0.0875. The summed E-state index contributed by atoms with van der Waals surface area (Å²) in [5, 5.41) is 19.9. The highest BCUT2D eigenvalue weighted by molar-refractivity contribution is 6.30. The number of phenols is 2. The van der Waals surface area contributed by atoms with Crippen LogP contribution < -0.4 is 0 Å². The van der Waals surface area contributed by atoms with Gasteiger partial charge in [0.2, 0.25) is 0 Å². The molecule has 0 aromatic heterocycles. The molecule has 0 spiro atoms. The van der Waals surface area contributed by atoms with Crippen molar-refractivity contribution in [3.63, 3.8) is 0 Å². The van der Waals surface area contributed by atoms with Crippen molar-refractivity contribution >= 4 is 11.6 Å². The molecule has 19 heavy (non-hydrogen) atoms. The Balaban J connectivity index is 2.07. The zero-order chi connectivity index (χ0) is 13.4. The number of ether oxygens (including phenoxy) is 1. The number of hydrogen-bond acceptors (Lipinski definition) is 3. The third-order valence-corrected chi connectivity index (χ3v) is 3.60. The highest BCUT2D eigenvalue weighted by Gasteiger charge is 2.24. The van der Waals surface area contributed by atoms with E-state index in [0.717, 1.165) is 23.1 Å². The fourth-order valence-corrected chi connectivity index (χ4v) is 2.51. The molecule has 1 aliphatic heterocycles. The fourth-order valence-electron chi connectivity index (χ4n) is 2.39. The number of benzene rings is 2. The second-order valence-corrected chi connectivity index (χ2v) is 5.03. The Labute approximate surface area is 116 Å². The minimum Gasteiger partial charge on any atom is -0.504 e. The van der Waals surface area contributed by atoms with Crippen molar-refractivity contribution in [2.45, 2.75) is 12.5 Å². The van der Waals surface area contributed by atoms with E-state index >= 15 is 0 Å². The summed E-state index contributed by atoms with van der Waals surface area (Å²) in [6.45, 7) is 0.588. The molecule has 0 fully saturated rings. The second-order valence-electron chi connectivity index (χ2n) is 4.59. The van der Waals surface area contributed by atoms with E-state index in [0.29, 0.717) is 11.6 Å². The largest absolute Gasteiger partial charge is 0.504 e. The summed E-state index contributed by atoms with van der Waals surface area (Å²) in [6.07, 6.45) is 0.500. The summed E-state index contributed by atoms with van der Waals surface area (Å²) in [6, 6.07) is 10.6. The number of rotatable bonds is 1. The normalized spacial score (nSPS) is 18.1. The van der Waals surface area contributed by atoms with Gasteiger partial charge in [-0.3, -0.25) is 0 Å². The maximum atomic E-state index is 9.66. The van der Waals surface area contributed by atoms with Crippen LogP contribution in [0.1, 0.15) is 22.8 Å². The van der Waals surface area contributed by atoms with E-state index in [1.54, 1.807) is 12.1 Å². The van der Waals surface area contributed by atoms with Gasteiger partial charge in [-0.25, -0.2) is 0 Å². The Kier molecular flexibility index (Phi) is 3.09. The molecule has 2 aromatic rings. The minimum atomic E-state index is -0.229. The first kappa shape index (κ1) is 12.3. The fraction of sp³-hybridized carbons (Fsp3) is 0.200. The molecule has 1 aliphatic rings. The number of phenolic OH excluding ortho intramolecular Hbond substituents is 2. The average molecular weight is 277 g/mol. The molecule has 3 nitrogen and oxygen atoms in total. The van der Waals surface area contributed by atoms with Crippen molar-refractivity contribution < 1.29 is 14.9 Å². The average Bonchev–Trinajstić information content (AvgIpc) is 2.41. The molecule has 4 heteroatoms. The highest BCUT2D eigenvalue weighted by Crippen LogP contribution is 2.38. The van der Waals surface area contributed by atoms with Crippen LogP contribution in [0.15, 0.2) is 36.4 Å². The van der Waals surface area contributed by atoms with Gasteiger partial charge in [0, 0.05) is 5.02 Å². The lowest BCUT2D eigenvalue weighted by atomic mass is 9.92. The van der Waals surface area contributed by atoms with Crippen LogP contribution in [-0.4, -0.2) is 16.8 Å². The van der Waals surface area contributed by atoms with Crippen molar-refractivity contribution in [1.82, 2.24) is 0 Å². The van der Waals surface area contributed by atoms with E-state index in [-0.39, 0.29) is 17.6 Å². The number of fused-ring (bicyclic) bond motifs is 1. The lowest BCUT2D eigenvalue weighted by molar-refractivity contribution is 0.0695. The van der Waals surface area contributed by atoms with Crippen LogP contribution in [0.3, 0.4) is 0 Å². The molecule has 3 rings (SSSR count). The molecule has 98 valence electrons. The van der Waals surface area contributed by atoms with Crippen LogP contribution in [0.2, 0.25) is 5.02 Å². The van der Waals surface area contributed by atoms with Crippen molar-refractivity contribution in [3.05, 3.63) is 58.1 Å². The Bertz CT molecular complexity index is 608. The summed E-state index contributed by atoms with van der Waals surface area (Å²) in [4.78, 5) is 0. The zero-order valence-electron chi connectivity index (χ0n) is 10.1. The highest BCUT2D eigenvalue weighted by atomic mass is 35.5. The summed E-state index contributed by atoms with van der Waals surface area (Å²) >= 11 is 5.88. The van der Waals surface area contributed by atoms with Gasteiger partial charge in [0.05, 0.1) is 6.61 Å². The Morgan fingerprint density at radius 3 is 2.47 bits per heavy atom. The van der Waals surface area contributed by atoms with Gasteiger partial charge in [-0.1, -0.05) is 23.7 Å². The van der Waals surface area contributed by atoms with Crippen LogP contribution in [0.25, 0.3) is 0 Å². The van der Waals surface area contributed by atoms with Crippen molar-refractivity contribution in [2.75, 3.05) is 6.61 Å². The maximum Gasteiger partial charge on any atom is 0.157 e. The van der Waals surface area contributed by atoms with E-state index in [1.165, 1.54) is 0 Å². The lowest BCUT2D eigenvalue weighted by Gasteiger charge is -2.27. The van der Waals surface area contributed by atoms with Crippen molar-refractivity contribution in [3.8, 4) is 11.5 Å². The van der Waals surface area contributed by atoms with Gasteiger partial charge in [0.1, 0.15) is 6.10 Å². The van der Waals surface area contributed by atoms with Crippen LogP contribution in [0.4, 0.5) is 0 Å². The number of hydrogen-bond donors (Lipinski definition) is 2. The van der Waals surface area contributed by atoms with Crippen molar-refractivity contribution in [1.29, 1.82) is 0 Å².